The van der Waals surface area contributed by atoms with E-state index in [-0.39, 0.29) is 23.4 Å². The van der Waals surface area contributed by atoms with Gasteiger partial charge in [0.25, 0.3) is 5.88 Å². The fourth-order valence-corrected chi connectivity index (χ4v) is 3.22. The number of ether oxygens (including phenoxy) is 3. The molecule has 2 fully saturated rings. The molecule has 1 aliphatic carbocycles. The second kappa shape index (κ2) is 5.80. The number of nitrogens with zero attached hydrogens (tertiary/aromatic N) is 3. The van der Waals surface area contributed by atoms with Gasteiger partial charge in [-0.25, -0.2) is 4.98 Å². The molecule has 1 saturated carbocycles. The van der Waals surface area contributed by atoms with Crippen LogP contribution in [0, 0.1) is 17.0 Å². The third kappa shape index (κ3) is 2.87. The zero-order valence-electron chi connectivity index (χ0n) is 13.8. The van der Waals surface area contributed by atoms with Crippen LogP contribution in [-0.2, 0) is 9.47 Å². The summed E-state index contributed by atoms with van der Waals surface area (Å²) in [6.45, 7) is 5.13. The summed E-state index contributed by atoms with van der Waals surface area (Å²) in [6.07, 6.45) is -1.32. The van der Waals surface area contributed by atoms with E-state index in [0.29, 0.717) is 12.2 Å². The van der Waals surface area contributed by atoms with E-state index < -0.39 is 29.0 Å². The molecule has 0 aromatic carbocycles. The average molecular weight is 340 g/mol. The van der Waals surface area contributed by atoms with E-state index >= 15 is 0 Å². The molecule has 2 aliphatic rings. The topological polar surface area (TPSA) is 129 Å². The molecular formula is C14H20N4O6. The van der Waals surface area contributed by atoms with E-state index in [9.17, 15) is 15.2 Å². The van der Waals surface area contributed by atoms with Crippen LogP contribution in [0.25, 0.3) is 0 Å². The molecule has 1 aromatic rings. The van der Waals surface area contributed by atoms with Crippen LogP contribution >= 0.6 is 0 Å². The van der Waals surface area contributed by atoms with Gasteiger partial charge >= 0.3 is 5.69 Å². The maximum absolute atomic E-state index is 11.4. The normalized spacial score (nSPS) is 30.9. The lowest BCUT2D eigenvalue weighted by atomic mass is 10.2. The van der Waals surface area contributed by atoms with Crippen LogP contribution in [0.15, 0.2) is 0 Å². The van der Waals surface area contributed by atoms with E-state index in [2.05, 4.69) is 15.3 Å². The van der Waals surface area contributed by atoms with E-state index in [1.165, 1.54) is 7.11 Å². The number of aryl methyl sites for hydroxylation is 1. The van der Waals surface area contributed by atoms with Crippen LogP contribution in [-0.4, -0.2) is 57.2 Å². The number of nitro groups is 1. The molecule has 0 bridgehead atoms. The molecule has 10 nitrogen and oxygen atoms in total. The molecule has 0 unspecified atom stereocenters. The lowest BCUT2D eigenvalue weighted by Crippen LogP contribution is -2.35. The monoisotopic (exact) mass is 340 g/mol. The van der Waals surface area contributed by atoms with Gasteiger partial charge in [0.15, 0.2) is 5.79 Å². The predicted octanol–water partition coefficient (Wildman–Crippen LogP) is 0.767. The standard InChI is InChI=1S/C14H20N4O6/c1-6-15-12(9(18(20)21)13(16-6)22-4)17-7-5-8(19)11-10(7)23-14(2,3)24-11/h7-8,10-11,19H,5H2,1-4H3,(H,15,16,17)/t7-,8+,10+,11-/m1/s1. The van der Waals surface area contributed by atoms with Gasteiger partial charge in [-0.1, -0.05) is 0 Å². The Balaban J connectivity index is 1.91. The quantitative estimate of drug-likeness (QED) is 0.603. The lowest BCUT2D eigenvalue weighted by Gasteiger charge is -2.23. The summed E-state index contributed by atoms with van der Waals surface area (Å²) < 4.78 is 16.5. The highest BCUT2D eigenvalue weighted by Crippen LogP contribution is 2.41. The number of aromatic nitrogens is 2. The molecule has 24 heavy (non-hydrogen) atoms. The highest BCUT2D eigenvalue weighted by Gasteiger charge is 2.54. The summed E-state index contributed by atoms with van der Waals surface area (Å²) >= 11 is 0. The van der Waals surface area contributed by atoms with Gasteiger partial charge in [0.2, 0.25) is 5.82 Å². The van der Waals surface area contributed by atoms with Crippen molar-refractivity contribution in [1.29, 1.82) is 0 Å². The van der Waals surface area contributed by atoms with Crippen LogP contribution in [0.4, 0.5) is 11.5 Å². The highest BCUT2D eigenvalue weighted by molar-refractivity contribution is 5.62. The molecule has 1 aromatic heterocycles. The molecule has 10 heteroatoms. The van der Waals surface area contributed by atoms with E-state index in [4.69, 9.17) is 14.2 Å². The van der Waals surface area contributed by atoms with Gasteiger partial charge in [-0.05, 0) is 27.2 Å². The molecule has 0 radical (unpaired) electrons. The molecule has 1 aliphatic heterocycles. The summed E-state index contributed by atoms with van der Waals surface area (Å²) in [7, 11) is 1.31. The lowest BCUT2D eigenvalue weighted by molar-refractivity contribution is -0.385. The Kier molecular flexibility index (Phi) is 4.06. The van der Waals surface area contributed by atoms with Crippen molar-refractivity contribution in [3.63, 3.8) is 0 Å². The van der Waals surface area contributed by atoms with Gasteiger partial charge in [-0.3, -0.25) is 10.1 Å². The molecule has 0 spiro atoms. The van der Waals surface area contributed by atoms with E-state index in [0.717, 1.165) is 0 Å². The van der Waals surface area contributed by atoms with Crippen molar-refractivity contribution in [2.24, 2.45) is 0 Å². The Labute approximate surface area is 138 Å². The van der Waals surface area contributed by atoms with Crippen molar-refractivity contribution < 1.29 is 24.2 Å². The van der Waals surface area contributed by atoms with Crippen LogP contribution in [0.3, 0.4) is 0 Å². The molecule has 2 heterocycles. The highest BCUT2D eigenvalue weighted by atomic mass is 16.8. The zero-order chi connectivity index (χ0) is 17.6. The Hall–Kier alpha value is -2.04. The number of anilines is 1. The van der Waals surface area contributed by atoms with Crippen molar-refractivity contribution >= 4 is 11.5 Å². The number of hydrogen-bond donors (Lipinski definition) is 2. The number of nitrogens with one attached hydrogen (secondary N) is 1. The third-order valence-corrected chi connectivity index (χ3v) is 4.10. The minimum atomic E-state index is -0.818. The first-order valence-corrected chi connectivity index (χ1v) is 7.59. The molecular weight excluding hydrogens is 320 g/mol. The predicted molar refractivity (Wildman–Crippen MR) is 81.8 cm³/mol. The van der Waals surface area contributed by atoms with Gasteiger partial charge < -0.3 is 24.6 Å². The largest absolute Gasteiger partial charge is 0.476 e. The average Bonchev–Trinajstić information content (AvgIpc) is 2.93. The Morgan fingerprint density at radius 2 is 2.04 bits per heavy atom. The summed E-state index contributed by atoms with van der Waals surface area (Å²) in [5, 5.41) is 24.6. The number of rotatable bonds is 4. The van der Waals surface area contributed by atoms with Crippen LogP contribution < -0.4 is 10.1 Å². The summed E-state index contributed by atoms with van der Waals surface area (Å²) in [4.78, 5) is 18.8. The van der Waals surface area contributed by atoms with E-state index in [1.54, 1.807) is 20.8 Å². The number of aliphatic hydroxyl groups is 1. The van der Waals surface area contributed by atoms with Crippen molar-refractivity contribution in [3.8, 4) is 5.88 Å². The van der Waals surface area contributed by atoms with Crippen molar-refractivity contribution in [1.82, 2.24) is 9.97 Å². The molecule has 132 valence electrons. The SMILES string of the molecule is COc1nc(C)nc(N[C@@H]2C[C@H](O)[C@H]3OC(C)(C)O[C@H]32)c1[N+](=O)[O-]. The first-order chi connectivity index (χ1) is 11.2. The number of aliphatic hydroxyl groups excluding tert-OH is 1. The smallest absolute Gasteiger partial charge is 0.372 e. The second-order valence-corrected chi connectivity index (χ2v) is 6.35. The summed E-state index contributed by atoms with van der Waals surface area (Å²) in [5.74, 6) is -0.564. The van der Waals surface area contributed by atoms with Crippen molar-refractivity contribution in [2.45, 2.75) is 57.3 Å². The van der Waals surface area contributed by atoms with Crippen molar-refractivity contribution in [3.05, 3.63) is 15.9 Å². The Bertz CT molecular complexity index is 667. The molecule has 0 amide bonds. The summed E-state index contributed by atoms with van der Waals surface area (Å²) in [6, 6.07) is -0.385. The number of methoxy groups -OCH3 is 1. The van der Waals surface area contributed by atoms with Gasteiger partial charge in [0.1, 0.15) is 18.0 Å². The van der Waals surface area contributed by atoms with Crippen LogP contribution in [0.1, 0.15) is 26.1 Å². The molecule has 1 saturated heterocycles. The van der Waals surface area contributed by atoms with Gasteiger partial charge in [0.05, 0.1) is 24.2 Å². The first kappa shape index (κ1) is 16.8. The van der Waals surface area contributed by atoms with Gasteiger partial charge in [-0.15, -0.1) is 0 Å². The summed E-state index contributed by atoms with van der Waals surface area (Å²) in [5.41, 5.74) is -0.348. The Morgan fingerprint density at radius 3 is 2.67 bits per heavy atom. The van der Waals surface area contributed by atoms with E-state index in [1.807, 2.05) is 0 Å². The number of fused-ring (bicyclic) bond motifs is 1. The third-order valence-electron chi connectivity index (χ3n) is 4.10. The van der Waals surface area contributed by atoms with Crippen LogP contribution in [0.5, 0.6) is 5.88 Å². The number of hydrogen-bond acceptors (Lipinski definition) is 9. The second-order valence-electron chi connectivity index (χ2n) is 6.35. The van der Waals surface area contributed by atoms with Gasteiger partial charge in [-0.2, -0.15) is 4.98 Å². The minimum Gasteiger partial charge on any atom is -0.476 e. The molecule has 3 rings (SSSR count). The fraction of sp³-hybridized carbons (Fsp3) is 0.714. The Morgan fingerprint density at radius 1 is 1.38 bits per heavy atom. The minimum absolute atomic E-state index is 0.0375. The molecule has 4 atom stereocenters. The van der Waals surface area contributed by atoms with Crippen molar-refractivity contribution in [2.75, 3.05) is 12.4 Å². The van der Waals surface area contributed by atoms with Crippen LogP contribution in [0.2, 0.25) is 0 Å². The zero-order valence-corrected chi connectivity index (χ0v) is 13.8. The van der Waals surface area contributed by atoms with Gasteiger partial charge in [0, 0.05) is 0 Å². The first-order valence-electron chi connectivity index (χ1n) is 7.59. The molecule has 2 N–H and O–H groups in total. The maximum Gasteiger partial charge on any atom is 0.372 e. The fourth-order valence-electron chi connectivity index (χ4n) is 3.22. The maximum atomic E-state index is 11.4.